The van der Waals surface area contributed by atoms with Gasteiger partial charge in [0, 0.05) is 12.8 Å². The third-order valence-corrected chi connectivity index (χ3v) is 8.81. The Morgan fingerprint density at radius 2 is 0.920 bits per heavy atom. The third kappa shape index (κ3) is 38.8. The average Bonchev–Trinajstić information content (AvgIpc) is 3.08. The lowest BCUT2D eigenvalue weighted by atomic mass is 10.1. The van der Waals surface area contributed by atoms with Crippen molar-refractivity contribution in [1.82, 2.24) is 0 Å². The van der Waals surface area contributed by atoms with Crippen molar-refractivity contribution in [3.63, 3.8) is 0 Å². The SMILES string of the molecule is CCCCCC/C=C/CCCCCCCCCC(=O)O[C@H](COC(=O)CCC/C=C/C/C=C/C/C=C/CCCCCCCC)COP(=O)(O)O. The van der Waals surface area contributed by atoms with Gasteiger partial charge in [0.05, 0.1) is 6.61 Å². The van der Waals surface area contributed by atoms with Crippen LogP contribution in [0.4, 0.5) is 0 Å². The van der Waals surface area contributed by atoms with Crippen LogP contribution in [-0.2, 0) is 28.2 Å². The van der Waals surface area contributed by atoms with Crippen molar-refractivity contribution in [3.05, 3.63) is 48.6 Å². The predicted octanol–water partition coefficient (Wildman–Crippen LogP) is 12.0. The fourth-order valence-electron chi connectivity index (χ4n) is 5.32. The number of allylic oxidation sites excluding steroid dienone is 8. The minimum atomic E-state index is -4.76. The van der Waals surface area contributed by atoms with Gasteiger partial charge in [-0.25, -0.2) is 4.57 Å². The lowest BCUT2D eigenvalue weighted by molar-refractivity contribution is -0.161. The van der Waals surface area contributed by atoms with E-state index in [4.69, 9.17) is 19.3 Å². The Kier molecular flexibility index (Phi) is 35.3. The highest BCUT2D eigenvalue weighted by Crippen LogP contribution is 2.36. The molecule has 0 saturated heterocycles. The Morgan fingerprint density at radius 3 is 1.44 bits per heavy atom. The van der Waals surface area contributed by atoms with E-state index in [1.165, 1.54) is 89.9 Å². The maximum atomic E-state index is 12.4. The number of hydrogen-bond donors (Lipinski definition) is 2. The molecule has 9 heteroatoms. The standard InChI is InChI=1S/C41H73O8P/c1-3-5-7-9-11-13-15-17-19-20-22-23-25-27-29-31-33-35-40(42)47-37-39(38-48-50(44,45)46)49-41(43)36-34-32-30-28-26-24-21-18-16-14-12-10-8-6-4-2/h14,16-17,19,22-23,27,29,39H,3-13,15,18,20-21,24-26,28,30-38H2,1-2H3,(H2,44,45,46)/b16-14+,19-17+,23-22+,29-27+/t39-/m1/s1. The van der Waals surface area contributed by atoms with E-state index >= 15 is 0 Å². The Morgan fingerprint density at radius 1 is 0.520 bits per heavy atom. The van der Waals surface area contributed by atoms with Crippen molar-refractivity contribution in [3.8, 4) is 0 Å². The molecule has 0 unspecified atom stereocenters. The van der Waals surface area contributed by atoms with Crippen LogP contribution in [0.15, 0.2) is 48.6 Å². The van der Waals surface area contributed by atoms with Gasteiger partial charge in [0.25, 0.3) is 0 Å². The van der Waals surface area contributed by atoms with Gasteiger partial charge >= 0.3 is 19.8 Å². The summed E-state index contributed by atoms with van der Waals surface area (Å²) in [5.41, 5.74) is 0. The normalized spacial score (nSPS) is 13.0. The van der Waals surface area contributed by atoms with Crippen LogP contribution in [0.1, 0.15) is 181 Å². The minimum absolute atomic E-state index is 0.194. The van der Waals surface area contributed by atoms with Crippen LogP contribution in [-0.4, -0.2) is 41.0 Å². The topological polar surface area (TPSA) is 119 Å². The Hall–Kier alpha value is -1.99. The zero-order valence-corrected chi connectivity index (χ0v) is 32.7. The Bertz CT molecular complexity index is 952. The number of carbonyl (C=O) groups is 2. The summed E-state index contributed by atoms with van der Waals surface area (Å²) in [6.07, 6.45) is 44.1. The zero-order chi connectivity index (χ0) is 36.8. The first-order valence-corrected chi connectivity index (χ1v) is 21.5. The van der Waals surface area contributed by atoms with Crippen LogP contribution in [0.3, 0.4) is 0 Å². The van der Waals surface area contributed by atoms with Crippen molar-refractivity contribution in [2.24, 2.45) is 0 Å². The van der Waals surface area contributed by atoms with Gasteiger partial charge in [-0.15, -0.1) is 0 Å². The maximum absolute atomic E-state index is 12.4. The van der Waals surface area contributed by atoms with E-state index in [0.29, 0.717) is 12.8 Å². The van der Waals surface area contributed by atoms with Gasteiger partial charge in [-0.3, -0.25) is 14.1 Å². The van der Waals surface area contributed by atoms with Gasteiger partial charge < -0.3 is 19.3 Å². The second kappa shape index (κ2) is 36.8. The van der Waals surface area contributed by atoms with Crippen LogP contribution in [0.5, 0.6) is 0 Å². The summed E-state index contributed by atoms with van der Waals surface area (Å²) in [6, 6.07) is 0. The molecule has 1 atom stereocenters. The number of rotatable bonds is 36. The maximum Gasteiger partial charge on any atom is 0.469 e. The molecule has 50 heavy (non-hydrogen) atoms. The number of carbonyl (C=O) groups excluding carboxylic acids is 2. The summed E-state index contributed by atoms with van der Waals surface area (Å²) >= 11 is 0. The Balaban J connectivity index is 4.04. The van der Waals surface area contributed by atoms with Crippen molar-refractivity contribution in [2.75, 3.05) is 13.2 Å². The molecule has 0 bridgehead atoms. The highest BCUT2D eigenvalue weighted by molar-refractivity contribution is 7.46. The zero-order valence-electron chi connectivity index (χ0n) is 31.8. The molecule has 0 rings (SSSR count). The highest BCUT2D eigenvalue weighted by Gasteiger charge is 2.22. The van der Waals surface area contributed by atoms with E-state index < -0.39 is 32.5 Å². The molecule has 0 saturated carbocycles. The summed E-state index contributed by atoms with van der Waals surface area (Å²) in [5, 5.41) is 0. The van der Waals surface area contributed by atoms with E-state index in [2.05, 4.69) is 60.9 Å². The largest absolute Gasteiger partial charge is 0.469 e. The van der Waals surface area contributed by atoms with Gasteiger partial charge in [-0.1, -0.05) is 146 Å². The summed E-state index contributed by atoms with van der Waals surface area (Å²) in [5.74, 6) is -0.952. The minimum Gasteiger partial charge on any atom is -0.462 e. The first kappa shape index (κ1) is 48.0. The van der Waals surface area contributed by atoms with E-state index in [1.807, 2.05) is 6.08 Å². The summed E-state index contributed by atoms with van der Waals surface area (Å²) in [4.78, 5) is 42.7. The summed E-state index contributed by atoms with van der Waals surface area (Å²) in [7, 11) is -4.76. The first-order chi connectivity index (χ1) is 24.3. The number of esters is 2. The van der Waals surface area contributed by atoms with Crippen molar-refractivity contribution >= 4 is 19.8 Å². The molecule has 0 aliphatic heterocycles. The molecular formula is C41H73O8P. The molecule has 0 aromatic carbocycles. The lowest BCUT2D eigenvalue weighted by Gasteiger charge is -2.18. The van der Waals surface area contributed by atoms with Gasteiger partial charge in [-0.2, -0.15) is 0 Å². The smallest absolute Gasteiger partial charge is 0.462 e. The number of phosphoric acid groups is 1. The molecule has 0 radical (unpaired) electrons. The quantitative estimate of drug-likeness (QED) is 0.0284. The number of ether oxygens (including phenoxy) is 2. The van der Waals surface area contributed by atoms with Crippen LogP contribution in [0.25, 0.3) is 0 Å². The van der Waals surface area contributed by atoms with Crippen molar-refractivity contribution in [1.29, 1.82) is 0 Å². The van der Waals surface area contributed by atoms with Gasteiger partial charge in [0.1, 0.15) is 6.61 Å². The molecule has 0 heterocycles. The average molecular weight is 725 g/mol. The number of unbranched alkanes of at least 4 members (excludes halogenated alkanes) is 18. The van der Waals surface area contributed by atoms with Crippen molar-refractivity contribution < 1.29 is 37.9 Å². The molecule has 0 aliphatic rings. The monoisotopic (exact) mass is 725 g/mol. The van der Waals surface area contributed by atoms with Crippen molar-refractivity contribution in [2.45, 2.75) is 187 Å². The summed E-state index contributed by atoms with van der Waals surface area (Å²) in [6.45, 7) is 3.61. The molecule has 2 N–H and O–H groups in total. The highest BCUT2D eigenvalue weighted by atomic mass is 31.2. The predicted molar refractivity (Wildman–Crippen MR) is 207 cm³/mol. The van der Waals surface area contributed by atoms with Crippen LogP contribution in [0, 0.1) is 0 Å². The summed E-state index contributed by atoms with van der Waals surface area (Å²) < 4.78 is 26.3. The molecule has 290 valence electrons. The van der Waals surface area contributed by atoms with E-state index in [9.17, 15) is 14.2 Å². The van der Waals surface area contributed by atoms with E-state index in [0.717, 1.165) is 51.4 Å². The molecular weight excluding hydrogens is 651 g/mol. The molecule has 0 spiro atoms. The van der Waals surface area contributed by atoms with Crippen LogP contribution in [0.2, 0.25) is 0 Å². The van der Waals surface area contributed by atoms with Crippen LogP contribution < -0.4 is 0 Å². The fraction of sp³-hybridized carbons (Fsp3) is 0.756. The first-order valence-electron chi connectivity index (χ1n) is 19.9. The number of hydrogen-bond acceptors (Lipinski definition) is 6. The molecule has 0 aliphatic carbocycles. The van der Waals surface area contributed by atoms with E-state index in [-0.39, 0.29) is 19.4 Å². The molecule has 0 amide bonds. The molecule has 0 aromatic rings. The second-order valence-corrected chi connectivity index (χ2v) is 14.5. The Labute approximate surface area is 305 Å². The fourth-order valence-corrected chi connectivity index (χ4v) is 5.68. The van der Waals surface area contributed by atoms with Gasteiger partial charge in [-0.05, 0) is 70.6 Å². The molecule has 0 fully saturated rings. The van der Waals surface area contributed by atoms with E-state index in [1.54, 1.807) is 0 Å². The van der Waals surface area contributed by atoms with Gasteiger partial charge in [0.15, 0.2) is 6.10 Å². The second-order valence-electron chi connectivity index (χ2n) is 13.2. The third-order valence-electron chi connectivity index (χ3n) is 8.32. The lowest BCUT2D eigenvalue weighted by Crippen LogP contribution is -2.29. The molecule has 0 aromatic heterocycles. The number of phosphoric ester groups is 1. The van der Waals surface area contributed by atoms with Crippen LogP contribution >= 0.6 is 7.82 Å². The molecule has 8 nitrogen and oxygen atoms in total. The van der Waals surface area contributed by atoms with Gasteiger partial charge in [0.2, 0.25) is 0 Å².